The first kappa shape index (κ1) is 14.7. The summed E-state index contributed by atoms with van der Waals surface area (Å²) in [4.78, 5) is 16.8. The van der Waals surface area contributed by atoms with E-state index < -0.39 is 0 Å². The van der Waals surface area contributed by atoms with Crippen molar-refractivity contribution in [2.24, 2.45) is 5.92 Å². The molecule has 2 aromatic rings. The minimum atomic E-state index is -0.377. The molecule has 0 saturated heterocycles. The van der Waals surface area contributed by atoms with Crippen molar-refractivity contribution in [3.8, 4) is 6.07 Å². The molecule has 1 atom stereocenters. The first-order chi connectivity index (χ1) is 10.8. The van der Waals surface area contributed by atoms with Gasteiger partial charge in [-0.2, -0.15) is 5.26 Å². The van der Waals surface area contributed by atoms with Crippen LogP contribution in [0.25, 0.3) is 0 Å². The van der Waals surface area contributed by atoms with Crippen LogP contribution in [0.15, 0.2) is 36.5 Å². The molecule has 1 heterocycles. The minimum Gasteiger partial charge on any atom is -0.460 e. The number of esters is 1. The second kappa shape index (κ2) is 6.71. The summed E-state index contributed by atoms with van der Waals surface area (Å²) in [7, 11) is 0. The predicted molar refractivity (Wildman–Crippen MR) is 83.6 cm³/mol. The molecule has 1 aliphatic rings. The van der Waals surface area contributed by atoms with E-state index in [0.29, 0.717) is 17.2 Å². The molecule has 112 valence electrons. The van der Waals surface area contributed by atoms with Gasteiger partial charge in [0.25, 0.3) is 0 Å². The van der Waals surface area contributed by atoms with Crippen LogP contribution in [0.5, 0.6) is 0 Å². The minimum absolute atomic E-state index is 0.112. The Labute approximate surface area is 133 Å². The van der Waals surface area contributed by atoms with Crippen LogP contribution in [0, 0.1) is 17.2 Å². The molecule has 0 N–H and O–H groups in total. The summed E-state index contributed by atoms with van der Waals surface area (Å²) in [5, 5.41) is 10.2. The fourth-order valence-corrected chi connectivity index (χ4v) is 3.17. The van der Waals surface area contributed by atoms with Gasteiger partial charge in [-0.15, -0.1) is 11.3 Å². The van der Waals surface area contributed by atoms with Crippen LogP contribution < -0.4 is 0 Å². The number of hydrogen-bond acceptors (Lipinski definition) is 5. The number of rotatable bonds is 6. The van der Waals surface area contributed by atoms with Crippen molar-refractivity contribution in [1.29, 1.82) is 5.26 Å². The zero-order valence-corrected chi connectivity index (χ0v) is 12.9. The van der Waals surface area contributed by atoms with Crippen molar-refractivity contribution in [2.75, 3.05) is 6.61 Å². The fourth-order valence-electron chi connectivity index (χ4n) is 2.19. The van der Waals surface area contributed by atoms with Gasteiger partial charge in [0.05, 0.1) is 23.2 Å². The zero-order chi connectivity index (χ0) is 15.4. The van der Waals surface area contributed by atoms with Crippen LogP contribution in [-0.4, -0.2) is 17.6 Å². The van der Waals surface area contributed by atoms with Gasteiger partial charge in [0.15, 0.2) is 0 Å². The first-order valence-electron chi connectivity index (χ1n) is 7.32. The van der Waals surface area contributed by atoms with E-state index in [9.17, 15) is 10.1 Å². The maximum absolute atomic E-state index is 12.0. The van der Waals surface area contributed by atoms with Gasteiger partial charge in [0.1, 0.15) is 11.5 Å². The number of thiazole rings is 1. The van der Waals surface area contributed by atoms with Crippen LogP contribution in [0.2, 0.25) is 0 Å². The zero-order valence-electron chi connectivity index (χ0n) is 12.1. The Hall–Kier alpha value is -2.19. The van der Waals surface area contributed by atoms with Crippen molar-refractivity contribution in [2.45, 2.75) is 25.2 Å². The van der Waals surface area contributed by atoms with Gasteiger partial charge >= 0.3 is 5.97 Å². The maximum Gasteiger partial charge on any atom is 0.350 e. The van der Waals surface area contributed by atoms with Gasteiger partial charge in [-0.05, 0) is 24.8 Å². The van der Waals surface area contributed by atoms with E-state index in [2.05, 4.69) is 11.1 Å². The quantitative estimate of drug-likeness (QED) is 0.765. The second-order valence-electron chi connectivity index (χ2n) is 5.45. The van der Waals surface area contributed by atoms with Crippen LogP contribution in [0.1, 0.15) is 39.0 Å². The average molecular weight is 312 g/mol. The van der Waals surface area contributed by atoms with E-state index in [0.717, 1.165) is 23.4 Å². The molecule has 1 aromatic carbocycles. The van der Waals surface area contributed by atoms with Crippen LogP contribution in [-0.2, 0) is 11.2 Å². The lowest BCUT2D eigenvalue weighted by Crippen LogP contribution is -2.14. The van der Waals surface area contributed by atoms with Gasteiger partial charge in [-0.3, -0.25) is 0 Å². The summed E-state index contributed by atoms with van der Waals surface area (Å²) in [5.41, 5.74) is 1.07. The van der Waals surface area contributed by atoms with Crippen molar-refractivity contribution in [1.82, 2.24) is 4.98 Å². The number of nitriles is 1. The van der Waals surface area contributed by atoms with E-state index in [1.807, 2.05) is 30.3 Å². The third-order valence-corrected chi connectivity index (χ3v) is 4.71. The molecule has 1 aromatic heterocycles. The number of ether oxygens (including phenoxy) is 1. The molecule has 0 aliphatic heterocycles. The van der Waals surface area contributed by atoms with Crippen molar-refractivity contribution >= 4 is 17.3 Å². The third-order valence-electron chi connectivity index (χ3n) is 3.57. The Morgan fingerprint density at radius 1 is 1.41 bits per heavy atom. The maximum atomic E-state index is 12.0. The number of carbonyl (C=O) groups excluding carboxylic acids is 1. The summed E-state index contributed by atoms with van der Waals surface area (Å²) < 4.78 is 5.28. The van der Waals surface area contributed by atoms with E-state index in [1.165, 1.54) is 11.3 Å². The predicted octanol–water partition coefficient (Wildman–Crippen LogP) is 3.56. The normalized spacial score (nSPS) is 15.0. The smallest absolute Gasteiger partial charge is 0.350 e. The van der Waals surface area contributed by atoms with Gasteiger partial charge in [0.2, 0.25) is 0 Å². The number of aromatic nitrogens is 1. The van der Waals surface area contributed by atoms with Gasteiger partial charge in [-0.25, -0.2) is 9.78 Å². The molecule has 4 nitrogen and oxygen atoms in total. The molecule has 0 radical (unpaired) electrons. The monoisotopic (exact) mass is 312 g/mol. The molecule has 1 aliphatic carbocycles. The molecule has 0 unspecified atom stereocenters. The van der Waals surface area contributed by atoms with Crippen LogP contribution in [0.3, 0.4) is 0 Å². The number of nitrogens with zero attached hydrogens (tertiary/aromatic N) is 2. The highest BCUT2D eigenvalue weighted by Gasteiger charge is 2.28. The highest BCUT2D eigenvalue weighted by molar-refractivity contribution is 7.13. The van der Waals surface area contributed by atoms with E-state index in [4.69, 9.17) is 4.74 Å². The van der Waals surface area contributed by atoms with E-state index in [1.54, 1.807) is 6.20 Å². The number of benzene rings is 1. The summed E-state index contributed by atoms with van der Waals surface area (Å²) in [6.45, 7) is 0.112. The van der Waals surface area contributed by atoms with Crippen LogP contribution in [0.4, 0.5) is 0 Å². The first-order valence-corrected chi connectivity index (χ1v) is 8.14. The molecular formula is C17H16N2O2S. The lowest BCUT2D eigenvalue weighted by molar-refractivity contribution is 0.0473. The second-order valence-corrected chi connectivity index (χ2v) is 6.51. The van der Waals surface area contributed by atoms with Gasteiger partial charge in [-0.1, -0.05) is 30.3 Å². The Morgan fingerprint density at radius 3 is 2.86 bits per heavy atom. The van der Waals surface area contributed by atoms with Gasteiger partial charge < -0.3 is 4.74 Å². The van der Waals surface area contributed by atoms with Crippen molar-refractivity contribution < 1.29 is 9.53 Å². The fraction of sp³-hybridized carbons (Fsp3) is 0.353. The molecule has 5 heteroatoms. The molecule has 0 bridgehead atoms. The Balaban J connectivity index is 1.53. The Bertz CT molecular complexity index is 686. The third kappa shape index (κ3) is 3.71. The Kier molecular flexibility index (Phi) is 4.50. The Morgan fingerprint density at radius 2 is 2.18 bits per heavy atom. The summed E-state index contributed by atoms with van der Waals surface area (Å²) >= 11 is 1.41. The van der Waals surface area contributed by atoms with E-state index >= 15 is 0 Å². The topological polar surface area (TPSA) is 63.0 Å². The van der Waals surface area contributed by atoms with Crippen molar-refractivity contribution in [3.05, 3.63) is 52.0 Å². The number of carbonyl (C=O) groups is 1. The lowest BCUT2D eigenvalue weighted by Gasteiger charge is -2.09. The van der Waals surface area contributed by atoms with Crippen LogP contribution >= 0.6 is 11.3 Å². The SMILES string of the molecule is N#C[C@@H](COC(=O)c1cnc(C2CC2)s1)Cc1ccccc1. The highest BCUT2D eigenvalue weighted by atomic mass is 32.1. The molecule has 1 saturated carbocycles. The largest absolute Gasteiger partial charge is 0.460 e. The summed E-state index contributed by atoms with van der Waals surface area (Å²) in [6, 6.07) is 12.0. The molecule has 0 spiro atoms. The van der Waals surface area contributed by atoms with Gasteiger partial charge in [0, 0.05) is 5.92 Å². The standard InChI is InChI=1S/C17H16N2O2S/c18-9-13(8-12-4-2-1-3-5-12)11-21-17(20)15-10-19-16(22-15)14-6-7-14/h1-5,10,13-14H,6-8,11H2/t13-/m0/s1. The van der Waals surface area contributed by atoms with Crippen molar-refractivity contribution in [3.63, 3.8) is 0 Å². The highest BCUT2D eigenvalue weighted by Crippen LogP contribution is 2.41. The molecule has 0 amide bonds. The molecule has 3 rings (SSSR count). The lowest BCUT2D eigenvalue weighted by atomic mass is 10.0. The molecular weight excluding hydrogens is 296 g/mol. The summed E-state index contributed by atoms with van der Waals surface area (Å²) in [5.74, 6) is -0.170. The molecule has 22 heavy (non-hydrogen) atoms. The molecule has 1 fully saturated rings. The van der Waals surface area contributed by atoms with E-state index in [-0.39, 0.29) is 18.5 Å². The average Bonchev–Trinajstić information content (AvgIpc) is 3.29. The summed E-state index contributed by atoms with van der Waals surface area (Å²) in [6.07, 6.45) is 4.49. The number of hydrogen-bond donors (Lipinski definition) is 0.